The van der Waals surface area contributed by atoms with E-state index < -0.39 is 0 Å². The summed E-state index contributed by atoms with van der Waals surface area (Å²) in [5, 5.41) is 0. The van der Waals surface area contributed by atoms with Crippen LogP contribution in [0.5, 0.6) is 5.75 Å². The Kier molecular flexibility index (Phi) is 3.94. The summed E-state index contributed by atoms with van der Waals surface area (Å²) in [5.41, 5.74) is 7.50. The van der Waals surface area contributed by atoms with Crippen LogP contribution in [0.3, 0.4) is 0 Å². The van der Waals surface area contributed by atoms with Gasteiger partial charge in [0, 0.05) is 37.9 Å². The van der Waals surface area contributed by atoms with Crippen LogP contribution < -0.4 is 15.4 Å². The molecule has 1 amide bonds. The lowest BCUT2D eigenvalue weighted by molar-refractivity contribution is -0.126. The Morgan fingerprint density at radius 1 is 1.37 bits per heavy atom. The maximum Gasteiger partial charge on any atom is 0.246 e. The first-order valence-electron chi connectivity index (χ1n) is 6.25. The number of ether oxygens (including phenoxy) is 1. The number of hydrogen-bond acceptors (Lipinski definition) is 4. The number of hydrogen-bond donors (Lipinski definition) is 1. The summed E-state index contributed by atoms with van der Waals surface area (Å²) in [7, 11) is 1.61. The van der Waals surface area contributed by atoms with Crippen molar-refractivity contribution >= 4 is 17.3 Å². The van der Waals surface area contributed by atoms with Gasteiger partial charge in [0.05, 0.1) is 12.8 Å². The SMILES string of the molecule is C=CC(=O)N1CCN(c2ccc(N)c(OC)c2)CC1. The fraction of sp³-hybridized carbons (Fsp3) is 0.357. The highest BCUT2D eigenvalue weighted by molar-refractivity contribution is 5.87. The molecule has 1 aliphatic rings. The van der Waals surface area contributed by atoms with Gasteiger partial charge in [-0.2, -0.15) is 0 Å². The normalized spacial score (nSPS) is 15.2. The first-order valence-corrected chi connectivity index (χ1v) is 6.25. The fourth-order valence-electron chi connectivity index (χ4n) is 2.21. The van der Waals surface area contributed by atoms with Crippen molar-refractivity contribution in [2.24, 2.45) is 0 Å². The molecule has 1 heterocycles. The number of nitrogen functional groups attached to an aromatic ring is 1. The zero-order valence-electron chi connectivity index (χ0n) is 11.1. The molecule has 5 nitrogen and oxygen atoms in total. The van der Waals surface area contributed by atoms with E-state index in [1.807, 2.05) is 18.2 Å². The van der Waals surface area contributed by atoms with E-state index >= 15 is 0 Å². The molecule has 1 aromatic carbocycles. The van der Waals surface area contributed by atoms with Crippen LogP contribution in [0.1, 0.15) is 0 Å². The Morgan fingerprint density at radius 2 is 2.05 bits per heavy atom. The molecule has 102 valence electrons. The van der Waals surface area contributed by atoms with Gasteiger partial charge in [0.15, 0.2) is 0 Å². The smallest absolute Gasteiger partial charge is 0.246 e. The van der Waals surface area contributed by atoms with Crippen molar-refractivity contribution in [3.8, 4) is 5.75 Å². The van der Waals surface area contributed by atoms with Crippen LogP contribution in [0.4, 0.5) is 11.4 Å². The third-order valence-corrected chi connectivity index (χ3v) is 3.35. The molecule has 0 atom stereocenters. The highest BCUT2D eigenvalue weighted by Gasteiger charge is 2.20. The van der Waals surface area contributed by atoms with Crippen molar-refractivity contribution in [1.29, 1.82) is 0 Å². The third kappa shape index (κ3) is 2.81. The first-order chi connectivity index (χ1) is 9.15. The van der Waals surface area contributed by atoms with E-state index in [1.165, 1.54) is 6.08 Å². The van der Waals surface area contributed by atoms with Gasteiger partial charge in [-0.25, -0.2) is 0 Å². The summed E-state index contributed by atoms with van der Waals surface area (Å²) >= 11 is 0. The second kappa shape index (κ2) is 5.65. The number of amides is 1. The van der Waals surface area contributed by atoms with Crippen molar-refractivity contribution in [2.75, 3.05) is 43.9 Å². The predicted molar refractivity (Wildman–Crippen MR) is 76.4 cm³/mol. The van der Waals surface area contributed by atoms with E-state index in [0.29, 0.717) is 24.5 Å². The number of nitrogens with zero attached hydrogens (tertiary/aromatic N) is 2. The molecular weight excluding hydrogens is 242 g/mol. The van der Waals surface area contributed by atoms with E-state index in [-0.39, 0.29) is 5.91 Å². The van der Waals surface area contributed by atoms with Gasteiger partial charge in [0.25, 0.3) is 0 Å². The molecule has 0 aromatic heterocycles. The molecule has 0 spiro atoms. The molecule has 1 aromatic rings. The molecule has 0 radical (unpaired) electrons. The molecule has 1 saturated heterocycles. The minimum Gasteiger partial charge on any atom is -0.495 e. The molecule has 2 N–H and O–H groups in total. The molecule has 0 bridgehead atoms. The van der Waals surface area contributed by atoms with E-state index in [2.05, 4.69) is 11.5 Å². The van der Waals surface area contributed by atoms with Crippen LogP contribution in [-0.2, 0) is 4.79 Å². The molecule has 1 fully saturated rings. The van der Waals surface area contributed by atoms with Gasteiger partial charge >= 0.3 is 0 Å². The number of carbonyl (C=O) groups excluding carboxylic acids is 1. The predicted octanol–water partition coefficient (Wildman–Crippen LogP) is 1.11. The number of piperazine rings is 1. The van der Waals surface area contributed by atoms with Crippen LogP contribution in [0.25, 0.3) is 0 Å². The molecule has 1 aliphatic heterocycles. The zero-order valence-corrected chi connectivity index (χ0v) is 11.1. The van der Waals surface area contributed by atoms with Crippen LogP contribution in [-0.4, -0.2) is 44.1 Å². The van der Waals surface area contributed by atoms with Crippen molar-refractivity contribution in [2.45, 2.75) is 0 Å². The number of carbonyl (C=O) groups is 1. The summed E-state index contributed by atoms with van der Waals surface area (Å²) in [5.74, 6) is 0.677. The maximum atomic E-state index is 11.5. The van der Waals surface area contributed by atoms with Crippen LogP contribution in [0.15, 0.2) is 30.9 Å². The van der Waals surface area contributed by atoms with Gasteiger partial charge in [-0.1, -0.05) is 6.58 Å². The lowest BCUT2D eigenvalue weighted by Gasteiger charge is -2.35. The third-order valence-electron chi connectivity index (χ3n) is 3.35. The lowest BCUT2D eigenvalue weighted by Crippen LogP contribution is -2.48. The van der Waals surface area contributed by atoms with Gasteiger partial charge in [0.1, 0.15) is 5.75 Å². The van der Waals surface area contributed by atoms with E-state index in [9.17, 15) is 4.79 Å². The van der Waals surface area contributed by atoms with Gasteiger partial charge < -0.3 is 20.3 Å². The van der Waals surface area contributed by atoms with Crippen LogP contribution in [0, 0.1) is 0 Å². The Balaban J connectivity index is 2.05. The Bertz CT molecular complexity index is 480. The second-order valence-electron chi connectivity index (χ2n) is 4.44. The van der Waals surface area contributed by atoms with Crippen molar-refractivity contribution in [3.05, 3.63) is 30.9 Å². The average molecular weight is 261 g/mol. The zero-order chi connectivity index (χ0) is 13.8. The molecule has 5 heteroatoms. The van der Waals surface area contributed by atoms with E-state index in [4.69, 9.17) is 10.5 Å². The van der Waals surface area contributed by atoms with E-state index in [0.717, 1.165) is 18.8 Å². The number of nitrogens with two attached hydrogens (primary N) is 1. The van der Waals surface area contributed by atoms with E-state index in [1.54, 1.807) is 12.0 Å². The first kappa shape index (κ1) is 13.3. The Morgan fingerprint density at radius 3 is 2.63 bits per heavy atom. The Labute approximate surface area is 113 Å². The maximum absolute atomic E-state index is 11.5. The molecule has 19 heavy (non-hydrogen) atoms. The van der Waals surface area contributed by atoms with Gasteiger partial charge in [-0.3, -0.25) is 4.79 Å². The minimum atomic E-state index is -0.00506. The number of benzene rings is 1. The lowest BCUT2D eigenvalue weighted by atomic mass is 10.2. The number of anilines is 2. The number of methoxy groups -OCH3 is 1. The highest BCUT2D eigenvalue weighted by Crippen LogP contribution is 2.27. The molecular formula is C14H19N3O2. The van der Waals surface area contributed by atoms with Crippen molar-refractivity contribution < 1.29 is 9.53 Å². The summed E-state index contributed by atoms with van der Waals surface area (Å²) in [6.45, 7) is 6.52. The van der Waals surface area contributed by atoms with Crippen LogP contribution in [0.2, 0.25) is 0 Å². The molecule has 2 rings (SSSR count). The fourth-order valence-corrected chi connectivity index (χ4v) is 2.21. The summed E-state index contributed by atoms with van der Waals surface area (Å²) in [6, 6.07) is 5.75. The van der Waals surface area contributed by atoms with Gasteiger partial charge in [-0.05, 0) is 18.2 Å². The number of rotatable bonds is 3. The van der Waals surface area contributed by atoms with Crippen molar-refractivity contribution in [3.63, 3.8) is 0 Å². The molecule has 0 aliphatic carbocycles. The average Bonchev–Trinajstić information content (AvgIpc) is 2.47. The van der Waals surface area contributed by atoms with Gasteiger partial charge in [-0.15, -0.1) is 0 Å². The standard InChI is InChI=1S/C14H19N3O2/c1-3-14(18)17-8-6-16(7-9-17)11-4-5-12(15)13(10-11)19-2/h3-5,10H,1,6-9,15H2,2H3. The largest absolute Gasteiger partial charge is 0.495 e. The van der Waals surface area contributed by atoms with Crippen molar-refractivity contribution in [1.82, 2.24) is 4.90 Å². The Hall–Kier alpha value is -2.17. The highest BCUT2D eigenvalue weighted by atomic mass is 16.5. The van der Waals surface area contributed by atoms with Crippen LogP contribution >= 0.6 is 0 Å². The second-order valence-corrected chi connectivity index (χ2v) is 4.44. The quantitative estimate of drug-likeness (QED) is 0.654. The molecule has 0 saturated carbocycles. The topological polar surface area (TPSA) is 58.8 Å². The monoisotopic (exact) mass is 261 g/mol. The summed E-state index contributed by atoms with van der Waals surface area (Å²) in [4.78, 5) is 15.5. The molecule has 0 unspecified atom stereocenters. The summed E-state index contributed by atoms with van der Waals surface area (Å²) < 4.78 is 5.22. The summed E-state index contributed by atoms with van der Waals surface area (Å²) in [6.07, 6.45) is 1.36. The minimum absolute atomic E-state index is 0.00506. The van der Waals surface area contributed by atoms with Gasteiger partial charge in [0.2, 0.25) is 5.91 Å².